The summed E-state index contributed by atoms with van der Waals surface area (Å²) in [5.41, 5.74) is 5.98. The van der Waals surface area contributed by atoms with E-state index in [0.29, 0.717) is 17.6 Å². The maximum absolute atomic E-state index is 12.9. The summed E-state index contributed by atoms with van der Waals surface area (Å²) in [5, 5.41) is 8.78. The topological polar surface area (TPSA) is 60.2 Å². The number of fused-ring (bicyclic) bond motifs is 3. The Bertz CT molecular complexity index is 1360. The summed E-state index contributed by atoms with van der Waals surface area (Å²) < 4.78 is 2.00. The van der Waals surface area contributed by atoms with Gasteiger partial charge in [0.1, 0.15) is 0 Å². The van der Waals surface area contributed by atoms with Crippen molar-refractivity contribution in [1.82, 2.24) is 19.6 Å². The zero-order valence-electron chi connectivity index (χ0n) is 16.6. The molecule has 2 heterocycles. The summed E-state index contributed by atoms with van der Waals surface area (Å²) in [7, 11) is 0. The molecule has 5 heteroatoms. The number of ketones is 1. The van der Waals surface area contributed by atoms with Crippen LogP contribution in [0.4, 0.5) is 0 Å². The lowest BCUT2D eigenvalue weighted by atomic mass is 10.0. The van der Waals surface area contributed by atoms with Crippen molar-refractivity contribution >= 4 is 22.5 Å². The lowest BCUT2D eigenvalue weighted by Gasteiger charge is -2.09. The summed E-state index contributed by atoms with van der Waals surface area (Å²) in [5.74, 6) is 0.860. The van der Waals surface area contributed by atoms with Crippen LogP contribution in [0.25, 0.3) is 28.1 Å². The van der Waals surface area contributed by atoms with Gasteiger partial charge in [-0.25, -0.2) is 4.98 Å². The van der Waals surface area contributed by atoms with Gasteiger partial charge in [-0.1, -0.05) is 60.7 Å². The molecule has 0 spiro atoms. The smallest absolute Gasteiger partial charge is 0.183 e. The van der Waals surface area contributed by atoms with Crippen molar-refractivity contribution in [1.29, 1.82) is 0 Å². The van der Waals surface area contributed by atoms with E-state index >= 15 is 0 Å². The quantitative estimate of drug-likeness (QED) is 0.392. The number of hydrogen-bond donors (Lipinski definition) is 0. The minimum atomic E-state index is 0.115. The molecule has 0 bridgehead atoms. The predicted octanol–water partition coefficient (Wildman–Crippen LogP) is 5.07. The average molecular weight is 392 g/mol. The Kier molecular flexibility index (Phi) is 4.56. The second-order valence-electron chi connectivity index (χ2n) is 7.36. The van der Waals surface area contributed by atoms with Gasteiger partial charge >= 0.3 is 0 Å². The van der Waals surface area contributed by atoms with Gasteiger partial charge in [0.15, 0.2) is 17.3 Å². The first-order valence-corrected chi connectivity index (χ1v) is 9.99. The van der Waals surface area contributed by atoms with E-state index < -0.39 is 0 Å². The van der Waals surface area contributed by atoms with E-state index in [0.717, 1.165) is 40.1 Å². The molecule has 30 heavy (non-hydrogen) atoms. The SMILES string of the molecule is Cc1nc2ccc(C(=O)CCc3ccccc3)cc2n2c(-c3ccccc3)nnc12. The van der Waals surface area contributed by atoms with Gasteiger partial charge < -0.3 is 0 Å². The largest absolute Gasteiger partial charge is 0.294 e. The molecule has 0 aliphatic carbocycles. The van der Waals surface area contributed by atoms with Gasteiger partial charge in [0.05, 0.1) is 16.7 Å². The van der Waals surface area contributed by atoms with E-state index in [9.17, 15) is 4.79 Å². The van der Waals surface area contributed by atoms with Crippen molar-refractivity contribution in [3.63, 3.8) is 0 Å². The molecule has 5 nitrogen and oxygen atoms in total. The summed E-state index contributed by atoms with van der Waals surface area (Å²) in [6.45, 7) is 1.93. The second-order valence-corrected chi connectivity index (χ2v) is 7.36. The van der Waals surface area contributed by atoms with Crippen molar-refractivity contribution in [3.05, 3.63) is 95.7 Å². The molecule has 146 valence electrons. The van der Waals surface area contributed by atoms with E-state index in [1.165, 1.54) is 0 Å². The van der Waals surface area contributed by atoms with E-state index in [-0.39, 0.29) is 5.78 Å². The maximum Gasteiger partial charge on any atom is 0.183 e. The lowest BCUT2D eigenvalue weighted by molar-refractivity contribution is 0.0983. The van der Waals surface area contributed by atoms with Crippen molar-refractivity contribution in [3.8, 4) is 11.4 Å². The molecule has 0 unspecified atom stereocenters. The van der Waals surface area contributed by atoms with Crippen molar-refractivity contribution in [2.24, 2.45) is 0 Å². The summed E-state index contributed by atoms with van der Waals surface area (Å²) in [4.78, 5) is 17.6. The molecule has 0 aliphatic heterocycles. The highest BCUT2D eigenvalue weighted by Gasteiger charge is 2.16. The molecular formula is C25H20N4O. The van der Waals surface area contributed by atoms with Crippen LogP contribution >= 0.6 is 0 Å². The van der Waals surface area contributed by atoms with Gasteiger partial charge in [-0.05, 0) is 37.1 Å². The molecule has 0 saturated heterocycles. The third-order valence-corrected chi connectivity index (χ3v) is 5.33. The molecule has 0 atom stereocenters. The van der Waals surface area contributed by atoms with Crippen LogP contribution in [-0.4, -0.2) is 25.4 Å². The van der Waals surface area contributed by atoms with Gasteiger partial charge in [-0.3, -0.25) is 9.20 Å². The maximum atomic E-state index is 12.9. The van der Waals surface area contributed by atoms with E-state index in [2.05, 4.69) is 15.2 Å². The Morgan fingerprint density at radius 2 is 1.63 bits per heavy atom. The first kappa shape index (κ1) is 18.2. The van der Waals surface area contributed by atoms with Gasteiger partial charge in [0.2, 0.25) is 0 Å². The van der Waals surface area contributed by atoms with Gasteiger partial charge in [0.25, 0.3) is 0 Å². The monoisotopic (exact) mass is 392 g/mol. The highest BCUT2D eigenvalue weighted by atomic mass is 16.1. The normalized spacial score (nSPS) is 11.2. The Morgan fingerprint density at radius 3 is 2.40 bits per heavy atom. The molecule has 2 aromatic heterocycles. The Balaban J connectivity index is 1.59. The van der Waals surface area contributed by atoms with Crippen LogP contribution in [0.5, 0.6) is 0 Å². The minimum absolute atomic E-state index is 0.115. The molecule has 0 N–H and O–H groups in total. The predicted molar refractivity (Wildman–Crippen MR) is 118 cm³/mol. The fourth-order valence-electron chi connectivity index (χ4n) is 3.77. The number of rotatable bonds is 5. The number of nitrogens with zero attached hydrogens (tertiary/aromatic N) is 4. The zero-order valence-corrected chi connectivity index (χ0v) is 16.6. The molecule has 0 aliphatic rings. The number of carbonyl (C=O) groups is 1. The Labute approximate surface area is 174 Å². The lowest BCUT2D eigenvalue weighted by Crippen LogP contribution is -2.03. The number of benzene rings is 3. The van der Waals surface area contributed by atoms with E-state index in [1.54, 1.807) is 0 Å². The molecule has 0 radical (unpaired) electrons. The van der Waals surface area contributed by atoms with Crippen molar-refractivity contribution < 1.29 is 4.79 Å². The molecule has 0 saturated carbocycles. The van der Waals surface area contributed by atoms with Crippen LogP contribution in [0.2, 0.25) is 0 Å². The fourth-order valence-corrected chi connectivity index (χ4v) is 3.77. The minimum Gasteiger partial charge on any atom is -0.294 e. The highest BCUT2D eigenvalue weighted by molar-refractivity contribution is 5.99. The van der Waals surface area contributed by atoms with E-state index in [1.807, 2.05) is 90.2 Å². The summed E-state index contributed by atoms with van der Waals surface area (Å²) in [6.07, 6.45) is 1.19. The zero-order chi connectivity index (χ0) is 20.5. The number of hydrogen-bond acceptors (Lipinski definition) is 4. The van der Waals surface area contributed by atoms with Crippen LogP contribution in [0.1, 0.15) is 28.0 Å². The first-order valence-electron chi connectivity index (χ1n) is 9.99. The van der Waals surface area contributed by atoms with Crippen molar-refractivity contribution in [2.45, 2.75) is 19.8 Å². The van der Waals surface area contributed by atoms with Crippen LogP contribution in [0.15, 0.2) is 78.9 Å². The summed E-state index contributed by atoms with van der Waals surface area (Å²) >= 11 is 0. The van der Waals surface area contributed by atoms with Crippen LogP contribution in [-0.2, 0) is 6.42 Å². The second kappa shape index (κ2) is 7.52. The highest BCUT2D eigenvalue weighted by Crippen LogP contribution is 2.25. The van der Waals surface area contributed by atoms with Crippen molar-refractivity contribution in [2.75, 3.05) is 0 Å². The first-order chi connectivity index (χ1) is 14.7. The Morgan fingerprint density at radius 1 is 0.900 bits per heavy atom. The molecule has 3 aromatic carbocycles. The average Bonchev–Trinajstić information content (AvgIpc) is 3.25. The third kappa shape index (κ3) is 3.24. The van der Waals surface area contributed by atoms with Gasteiger partial charge in [-0.2, -0.15) is 0 Å². The number of aromatic nitrogens is 4. The van der Waals surface area contributed by atoms with E-state index in [4.69, 9.17) is 0 Å². The Hall–Kier alpha value is -3.86. The van der Waals surface area contributed by atoms with Gasteiger partial charge in [-0.15, -0.1) is 10.2 Å². The molecular weight excluding hydrogens is 372 g/mol. The molecule has 0 amide bonds. The fraction of sp³-hybridized carbons (Fsp3) is 0.120. The standard InChI is InChI=1S/C25H20N4O/c1-17-24-27-28-25(19-10-6-3-7-11-19)29(24)22-16-20(13-14-21(22)26-17)23(30)15-12-18-8-4-2-5-9-18/h2-11,13-14,16H,12,15H2,1H3. The third-order valence-electron chi connectivity index (χ3n) is 5.33. The molecule has 5 rings (SSSR count). The summed E-state index contributed by atoms with van der Waals surface area (Å²) in [6, 6.07) is 25.7. The number of Topliss-reactive ketones (excluding diaryl/α,β-unsaturated/α-hetero) is 1. The molecule has 0 fully saturated rings. The molecule has 5 aromatic rings. The van der Waals surface area contributed by atoms with Crippen LogP contribution < -0.4 is 0 Å². The van der Waals surface area contributed by atoms with Crippen LogP contribution in [0.3, 0.4) is 0 Å². The number of carbonyl (C=O) groups excluding carboxylic acids is 1. The van der Waals surface area contributed by atoms with Gasteiger partial charge in [0, 0.05) is 17.5 Å². The number of aryl methyl sites for hydroxylation is 2. The van der Waals surface area contributed by atoms with Crippen LogP contribution in [0, 0.1) is 6.92 Å².